The van der Waals surface area contributed by atoms with Crippen LogP contribution in [0, 0.1) is 0 Å². The maximum Gasteiger partial charge on any atom is 0.198 e. The molecule has 27 heavy (non-hydrogen) atoms. The first-order chi connectivity index (χ1) is 13.3. The number of ketones is 1. The third-order valence-corrected chi connectivity index (χ3v) is 5.28. The average Bonchev–Trinajstić information content (AvgIpc) is 2.70. The van der Waals surface area contributed by atoms with Gasteiger partial charge in [-0.2, -0.15) is 0 Å². The van der Waals surface area contributed by atoms with Crippen LogP contribution in [0.25, 0.3) is 0 Å². The summed E-state index contributed by atoms with van der Waals surface area (Å²) in [7, 11) is 0. The molecule has 151 valence electrons. The molecular formula is C25H39O2. The molecule has 0 aliphatic rings. The van der Waals surface area contributed by atoms with Gasteiger partial charge >= 0.3 is 0 Å². The van der Waals surface area contributed by atoms with Gasteiger partial charge in [0.15, 0.2) is 12.1 Å². The molecule has 0 fully saturated rings. The molecule has 0 saturated carbocycles. The van der Waals surface area contributed by atoms with Crippen molar-refractivity contribution in [1.82, 2.24) is 0 Å². The van der Waals surface area contributed by atoms with E-state index in [1.165, 1.54) is 83.5 Å². The smallest absolute Gasteiger partial charge is 0.198 e. The Labute approximate surface area is 167 Å². The summed E-state index contributed by atoms with van der Waals surface area (Å²) in [4.78, 5) is 22.1. The number of carbonyl (C=O) groups excluding carboxylic acids is 2. The summed E-state index contributed by atoms with van der Waals surface area (Å²) in [6, 6.07) is 9.65. The fourth-order valence-electron chi connectivity index (χ4n) is 3.55. The predicted molar refractivity (Wildman–Crippen MR) is 115 cm³/mol. The van der Waals surface area contributed by atoms with Crippen LogP contribution in [0.2, 0.25) is 0 Å². The molecule has 0 aliphatic carbocycles. The van der Waals surface area contributed by atoms with Crippen LogP contribution in [0.1, 0.15) is 120 Å². The molecule has 0 saturated heterocycles. The molecule has 0 unspecified atom stereocenters. The number of hydrogen-bond acceptors (Lipinski definition) is 2. The van der Waals surface area contributed by atoms with Crippen LogP contribution in [-0.4, -0.2) is 12.1 Å². The van der Waals surface area contributed by atoms with Gasteiger partial charge in [-0.3, -0.25) is 9.59 Å². The van der Waals surface area contributed by atoms with Gasteiger partial charge in [0, 0.05) is 18.4 Å². The number of hydrogen-bond donors (Lipinski definition) is 0. The second-order valence-corrected chi connectivity index (χ2v) is 7.74. The molecule has 0 aliphatic heterocycles. The predicted octanol–water partition coefficient (Wildman–Crippen LogP) is 7.61. The largest absolute Gasteiger partial charge is 0.294 e. The average molecular weight is 372 g/mol. The molecule has 2 heteroatoms. The molecular weight excluding hydrogens is 332 g/mol. The van der Waals surface area contributed by atoms with Gasteiger partial charge in [-0.05, 0) is 12.8 Å². The first-order valence-electron chi connectivity index (χ1n) is 11.3. The summed E-state index contributed by atoms with van der Waals surface area (Å²) in [5, 5.41) is 0. The topological polar surface area (TPSA) is 34.1 Å². The molecule has 1 rings (SSSR count). The molecule has 1 aromatic carbocycles. The Morgan fingerprint density at radius 2 is 1.00 bits per heavy atom. The molecule has 0 amide bonds. The highest BCUT2D eigenvalue weighted by atomic mass is 16.1. The quantitative estimate of drug-likeness (QED) is 0.185. The first kappa shape index (κ1) is 23.6. The van der Waals surface area contributed by atoms with Crippen LogP contribution in [0.15, 0.2) is 30.3 Å². The zero-order valence-electron chi connectivity index (χ0n) is 17.2. The van der Waals surface area contributed by atoms with Crippen molar-refractivity contribution in [2.45, 2.75) is 109 Å². The minimum Gasteiger partial charge on any atom is -0.294 e. The molecule has 0 spiro atoms. The van der Waals surface area contributed by atoms with Gasteiger partial charge in [-0.25, -0.2) is 0 Å². The summed E-state index contributed by atoms with van der Waals surface area (Å²) in [5.74, 6) is 0.287. The van der Waals surface area contributed by atoms with Crippen molar-refractivity contribution in [3.8, 4) is 0 Å². The molecule has 2 nitrogen and oxygen atoms in total. The van der Waals surface area contributed by atoms with E-state index in [9.17, 15) is 9.59 Å². The minimum absolute atomic E-state index is 0.287. The Kier molecular flexibility index (Phi) is 15.7. The van der Waals surface area contributed by atoms with Crippen molar-refractivity contribution in [3.63, 3.8) is 0 Å². The standard InChI is InChI=1S/C25H39O2/c26-23-19-14-12-10-8-6-4-2-1-3-5-7-9-11-13-18-22-25(27)24-20-16-15-17-21-24/h15-17,20-21H,1-14,18-19,22H2. The van der Waals surface area contributed by atoms with Crippen molar-refractivity contribution < 1.29 is 9.59 Å². The van der Waals surface area contributed by atoms with E-state index >= 15 is 0 Å². The van der Waals surface area contributed by atoms with Crippen LogP contribution in [0.4, 0.5) is 0 Å². The van der Waals surface area contributed by atoms with Gasteiger partial charge in [0.1, 0.15) is 0 Å². The highest BCUT2D eigenvalue weighted by Gasteiger charge is 2.03. The SMILES string of the molecule is O=[C]CCCCCCCCCCCCCCCCCC(=O)c1ccccc1. The van der Waals surface area contributed by atoms with Crippen molar-refractivity contribution in [2.24, 2.45) is 0 Å². The zero-order chi connectivity index (χ0) is 19.4. The number of carbonyl (C=O) groups is 1. The second kappa shape index (κ2) is 17.9. The summed E-state index contributed by atoms with van der Waals surface area (Å²) in [6.07, 6.45) is 22.5. The number of benzene rings is 1. The molecule has 1 radical (unpaired) electrons. The molecule has 0 bridgehead atoms. The Hall–Kier alpha value is -1.44. The lowest BCUT2D eigenvalue weighted by Gasteiger charge is -2.04. The summed E-state index contributed by atoms with van der Waals surface area (Å²) in [6.45, 7) is 0. The summed E-state index contributed by atoms with van der Waals surface area (Å²) >= 11 is 0. The monoisotopic (exact) mass is 371 g/mol. The van der Waals surface area contributed by atoms with Crippen LogP contribution >= 0.6 is 0 Å². The summed E-state index contributed by atoms with van der Waals surface area (Å²) in [5.41, 5.74) is 0.856. The maximum absolute atomic E-state index is 12.0. The van der Waals surface area contributed by atoms with E-state index in [4.69, 9.17) is 0 Å². The van der Waals surface area contributed by atoms with Gasteiger partial charge in [0.05, 0.1) is 0 Å². The third-order valence-electron chi connectivity index (χ3n) is 5.28. The molecule has 0 atom stereocenters. The Morgan fingerprint density at radius 1 is 0.593 bits per heavy atom. The van der Waals surface area contributed by atoms with E-state index in [2.05, 4.69) is 0 Å². The van der Waals surface area contributed by atoms with Crippen LogP contribution in [0.3, 0.4) is 0 Å². The third kappa shape index (κ3) is 14.3. The number of Topliss-reactive ketones (excluding diaryl/α,β-unsaturated/α-hetero) is 1. The van der Waals surface area contributed by atoms with E-state index < -0.39 is 0 Å². The van der Waals surface area contributed by atoms with Gasteiger partial charge in [-0.1, -0.05) is 114 Å². The van der Waals surface area contributed by atoms with E-state index in [0.29, 0.717) is 12.8 Å². The fourth-order valence-corrected chi connectivity index (χ4v) is 3.55. The molecule has 1 aromatic rings. The van der Waals surface area contributed by atoms with E-state index in [1.807, 2.05) is 36.6 Å². The Balaban J connectivity index is 1.75. The highest BCUT2D eigenvalue weighted by Crippen LogP contribution is 2.14. The summed E-state index contributed by atoms with van der Waals surface area (Å²) < 4.78 is 0. The molecule has 0 N–H and O–H groups in total. The molecule has 0 aromatic heterocycles. The first-order valence-corrected chi connectivity index (χ1v) is 11.3. The normalized spacial score (nSPS) is 10.8. The number of rotatable bonds is 19. The van der Waals surface area contributed by atoms with E-state index in [0.717, 1.165) is 18.4 Å². The molecule has 0 heterocycles. The van der Waals surface area contributed by atoms with E-state index in [1.54, 1.807) is 0 Å². The minimum atomic E-state index is 0.287. The second-order valence-electron chi connectivity index (χ2n) is 7.74. The van der Waals surface area contributed by atoms with Gasteiger partial charge in [-0.15, -0.1) is 0 Å². The van der Waals surface area contributed by atoms with Crippen molar-refractivity contribution in [2.75, 3.05) is 0 Å². The van der Waals surface area contributed by atoms with Crippen LogP contribution < -0.4 is 0 Å². The van der Waals surface area contributed by atoms with Crippen molar-refractivity contribution >= 4 is 12.1 Å². The van der Waals surface area contributed by atoms with Crippen LogP contribution in [-0.2, 0) is 4.79 Å². The van der Waals surface area contributed by atoms with Crippen LogP contribution in [0.5, 0.6) is 0 Å². The lowest BCUT2D eigenvalue weighted by molar-refractivity contribution is 0.0979. The highest BCUT2D eigenvalue weighted by molar-refractivity contribution is 5.95. The van der Waals surface area contributed by atoms with Crippen molar-refractivity contribution in [1.29, 1.82) is 0 Å². The van der Waals surface area contributed by atoms with E-state index in [-0.39, 0.29) is 5.78 Å². The zero-order valence-corrected chi connectivity index (χ0v) is 17.2. The number of unbranched alkanes of at least 4 members (excludes halogenated alkanes) is 15. The lowest BCUT2D eigenvalue weighted by Crippen LogP contribution is -1.98. The fraction of sp³-hybridized carbons (Fsp3) is 0.680. The Bertz CT molecular complexity index is 466. The van der Waals surface area contributed by atoms with Gasteiger partial charge < -0.3 is 0 Å². The van der Waals surface area contributed by atoms with Gasteiger partial charge in [0.2, 0.25) is 0 Å². The van der Waals surface area contributed by atoms with Gasteiger partial charge in [0.25, 0.3) is 0 Å². The maximum atomic E-state index is 12.0. The Morgan fingerprint density at radius 3 is 1.44 bits per heavy atom. The van der Waals surface area contributed by atoms with Crippen molar-refractivity contribution in [3.05, 3.63) is 35.9 Å². The lowest BCUT2D eigenvalue weighted by atomic mass is 10.0.